The smallest absolute Gasteiger partial charge is 0.211 e. The Bertz CT molecular complexity index is 673. The van der Waals surface area contributed by atoms with Crippen LogP contribution >= 0.6 is 0 Å². The second-order valence-corrected chi connectivity index (χ2v) is 4.21. The highest BCUT2D eigenvalue weighted by Crippen LogP contribution is 2.24. The molecule has 0 unspecified atom stereocenters. The van der Waals surface area contributed by atoms with Crippen molar-refractivity contribution in [3.05, 3.63) is 48.7 Å². The van der Waals surface area contributed by atoms with Crippen LogP contribution in [0.1, 0.15) is 0 Å². The van der Waals surface area contributed by atoms with Gasteiger partial charge in [-0.3, -0.25) is 4.90 Å². The Hall–Kier alpha value is -2.36. The first kappa shape index (κ1) is 10.8. The van der Waals surface area contributed by atoms with Gasteiger partial charge in [0.05, 0.1) is 11.0 Å². The van der Waals surface area contributed by atoms with Crippen LogP contribution in [0, 0.1) is 0 Å². The molecule has 90 valence electrons. The lowest BCUT2D eigenvalue weighted by Gasteiger charge is -2.16. The summed E-state index contributed by atoms with van der Waals surface area (Å²) < 4.78 is 2.07. The summed E-state index contributed by atoms with van der Waals surface area (Å²) in [6, 6.07) is 14.0. The van der Waals surface area contributed by atoms with Crippen molar-refractivity contribution in [2.24, 2.45) is 7.05 Å². The maximum atomic E-state index is 4.64. The average Bonchev–Trinajstić information content (AvgIpc) is 2.77. The first-order valence-electron chi connectivity index (χ1n) is 5.83. The minimum atomic E-state index is 0.884. The Labute approximate surface area is 106 Å². The van der Waals surface area contributed by atoms with Crippen molar-refractivity contribution in [1.29, 1.82) is 0 Å². The Kier molecular flexibility index (Phi) is 2.48. The molecule has 0 aliphatic rings. The van der Waals surface area contributed by atoms with Crippen molar-refractivity contribution in [2.75, 3.05) is 11.9 Å². The van der Waals surface area contributed by atoms with Crippen molar-refractivity contribution in [3.63, 3.8) is 0 Å². The lowest BCUT2D eigenvalue weighted by atomic mass is 10.3. The predicted octanol–water partition coefficient (Wildman–Crippen LogP) is 2.74. The molecule has 18 heavy (non-hydrogen) atoms. The molecule has 0 saturated heterocycles. The molecule has 0 amide bonds. The number of hydrogen-bond donors (Lipinski definition) is 0. The fourth-order valence-electron chi connectivity index (χ4n) is 2.09. The van der Waals surface area contributed by atoms with Crippen LogP contribution in [-0.2, 0) is 7.05 Å². The fraction of sp³-hybridized carbons (Fsp3) is 0.143. The summed E-state index contributed by atoms with van der Waals surface area (Å²) in [4.78, 5) is 11.0. The molecule has 0 saturated carbocycles. The molecule has 0 aliphatic heterocycles. The third-order valence-corrected chi connectivity index (χ3v) is 3.06. The second kappa shape index (κ2) is 4.14. The van der Waals surface area contributed by atoms with Crippen LogP contribution in [0.25, 0.3) is 11.0 Å². The fourth-order valence-corrected chi connectivity index (χ4v) is 2.09. The van der Waals surface area contributed by atoms with Gasteiger partial charge < -0.3 is 4.57 Å². The van der Waals surface area contributed by atoms with E-state index < -0.39 is 0 Å². The molecule has 3 aromatic rings. The van der Waals surface area contributed by atoms with Crippen molar-refractivity contribution in [1.82, 2.24) is 14.5 Å². The molecule has 0 atom stereocenters. The number of rotatable bonds is 2. The van der Waals surface area contributed by atoms with Gasteiger partial charge in [0.2, 0.25) is 5.95 Å². The molecule has 0 N–H and O–H groups in total. The summed E-state index contributed by atoms with van der Waals surface area (Å²) in [5.74, 6) is 1.77. The number of para-hydroxylation sites is 2. The molecule has 0 fully saturated rings. The van der Waals surface area contributed by atoms with Crippen LogP contribution in [0.2, 0.25) is 0 Å². The highest BCUT2D eigenvalue weighted by atomic mass is 15.3. The number of fused-ring (bicyclic) bond motifs is 1. The zero-order valence-electron chi connectivity index (χ0n) is 10.4. The highest BCUT2D eigenvalue weighted by molar-refractivity contribution is 5.79. The third kappa shape index (κ3) is 1.62. The van der Waals surface area contributed by atoms with Gasteiger partial charge in [0.25, 0.3) is 0 Å². The molecule has 4 nitrogen and oxygen atoms in total. The maximum absolute atomic E-state index is 4.64. The second-order valence-electron chi connectivity index (χ2n) is 4.21. The van der Waals surface area contributed by atoms with Gasteiger partial charge >= 0.3 is 0 Å². The van der Waals surface area contributed by atoms with E-state index in [4.69, 9.17) is 0 Å². The molecule has 0 radical (unpaired) electrons. The maximum Gasteiger partial charge on any atom is 0.211 e. The number of aryl methyl sites for hydroxylation is 1. The van der Waals surface area contributed by atoms with E-state index in [2.05, 4.69) is 20.6 Å². The zero-order valence-corrected chi connectivity index (χ0v) is 10.4. The largest absolute Gasteiger partial charge is 0.313 e. The quantitative estimate of drug-likeness (QED) is 0.688. The number of nitrogens with zero attached hydrogens (tertiary/aromatic N) is 4. The molecule has 0 bridgehead atoms. The molecule has 0 aliphatic carbocycles. The SMILES string of the molecule is CN(c1ccccn1)c1nc2ccccc2n1C. The summed E-state index contributed by atoms with van der Waals surface area (Å²) in [5, 5.41) is 0. The van der Waals surface area contributed by atoms with Gasteiger partial charge in [-0.2, -0.15) is 0 Å². The number of hydrogen-bond acceptors (Lipinski definition) is 3. The molecular weight excluding hydrogens is 224 g/mol. The standard InChI is InChI=1S/C14H14N4/c1-17-12-8-4-3-7-11(12)16-14(17)18(2)13-9-5-6-10-15-13/h3-10H,1-2H3. The molecule has 3 rings (SSSR count). The van der Waals surface area contributed by atoms with E-state index in [0.29, 0.717) is 0 Å². The van der Waals surface area contributed by atoms with Crippen molar-refractivity contribution in [2.45, 2.75) is 0 Å². The Balaban J connectivity index is 2.12. The number of benzene rings is 1. The molecule has 2 aromatic heterocycles. The molecule has 2 heterocycles. The van der Waals surface area contributed by atoms with E-state index in [1.807, 2.05) is 55.4 Å². The first-order chi connectivity index (χ1) is 8.77. The first-order valence-corrected chi connectivity index (χ1v) is 5.83. The van der Waals surface area contributed by atoms with E-state index in [9.17, 15) is 0 Å². The van der Waals surface area contributed by atoms with Crippen molar-refractivity contribution >= 4 is 22.8 Å². The molecule has 1 aromatic carbocycles. The van der Waals surface area contributed by atoms with Crippen LogP contribution in [0.4, 0.5) is 11.8 Å². The van der Waals surface area contributed by atoms with Crippen molar-refractivity contribution in [3.8, 4) is 0 Å². The van der Waals surface area contributed by atoms with Gasteiger partial charge in [0, 0.05) is 20.3 Å². The van der Waals surface area contributed by atoms with Crippen LogP contribution in [0.15, 0.2) is 48.7 Å². The summed E-state index contributed by atoms with van der Waals surface area (Å²) in [6.07, 6.45) is 1.79. The number of anilines is 2. The monoisotopic (exact) mass is 238 g/mol. The van der Waals surface area contributed by atoms with Crippen LogP contribution in [0.3, 0.4) is 0 Å². The van der Waals surface area contributed by atoms with Crippen molar-refractivity contribution < 1.29 is 0 Å². The van der Waals surface area contributed by atoms with E-state index in [1.165, 1.54) is 0 Å². The summed E-state index contributed by atoms with van der Waals surface area (Å²) >= 11 is 0. The van der Waals surface area contributed by atoms with Gasteiger partial charge in [-0.05, 0) is 24.3 Å². The highest BCUT2D eigenvalue weighted by Gasteiger charge is 2.13. The van der Waals surface area contributed by atoms with Gasteiger partial charge in [0.15, 0.2) is 0 Å². The van der Waals surface area contributed by atoms with E-state index in [1.54, 1.807) is 6.20 Å². The van der Waals surface area contributed by atoms with Gasteiger partial charge in [-0.1, -0.05) is 18.2 Å². The van der Waals surface area contributed by atoms with E-state index >= 15 is 0 Å². The minimum Gasteiger partial charge on any atom is -0.313 e. The number of imidazole rings is 1. The topological polar surface area (TPSA) is 34.0 Å². The van der Waals surface area contributed by atoms with E-state index in [-0.39, 0.29) is 0 Å². The molecule has 4 heteroatoms. The van der Waals surface area contributed by atoms with Crippen LogP contribution in [0.5, 0.6) is 0 Å². The predicted molar refractivity (Wildman–Crippen MR) is 73.0 cm³/mol. The molecule has 0 spiro atoms. The lowest BCUT2D eigenvalue weighted by Crippen LogP contribution is -2.15. The average molecular weight is 238 g/mol. The minimum absolute atomic E-state index is 0.884. The number of pyridine rings is 1. The Morgan fingerprint density at radius 1 is 1.06 bits per heavy atom. The normalized spacial score (nSPS) is 10.8. The molecular formula is C14H14N4. The lowest BCUT2D eigenvalue weighted by molar-refractivity contribution is 0.901. The van der Waals surface area contributed by atoms with Crippen LogP contribution in [-0.4, -0.2) is 21.6 Å². The summed E-state index contributed by atoms with van der Waals surface area (Å²) in [5.41, 5.74) is 2.12. The Morgan fingerprint density at radius 2 is 1.83 bits per heavy atom. The van der Waals surface area contributed by atoms with Gasteiger partial charge in [0.1, 0.15) is 5.82 Å². The Morgan fingerprint density at radius 3 is 2.56 bits per heavy atom. The van der Waals surface area contributed by atoms with Crippen LogP contribution < -0.4 is 4.90 Å². The zero-order chi connectivity index (χ0) is 12.5. The summed E-state index contributed by atoms with van der Waals surface area (Å²) in [6.45, 7) is 0. The third-order valence-electron chi connectivity index (χ3n) is 3.06. The number of aromatic nitrogens is 3. The summed E-state index contributed by atoms with van der Waals surface area (Å²) in [7, 11) is 3.99. The van der Waals surface area contributed by atoms with Gasteiger partial charge in [-0.15, -0.1) is 0 Å². The van der Waals surface area contributed by atoms with E-state index in [0.717, 1.165) is 22.8 Å². The van der Waals surface area contributed by atoms with Gasteiger partial charge in [-0.25, -0.2) is 9.97 Å².